The molecule has 34 heavy (non-hydrogen) atoms. The van der Waals surface area contributed by atoms with Crippen molar-refractivity contribution in [3.8, 4) is 12.1 Å². The summed E-state index contributed by atoms with van der Waals surface area (Å²) in [7, 11) is 0. The quantitative estimate of drug-likeness (QED) is 0.244. The third kappa shape index (κ3) is 3.25. The molecular weight excluding hydrogens is 461 g/mol. The Morgan fingerprint density at radius 3 is 1.71 bits per heavy atom. The first kappa shape index (κ1) is 20.8. The number of hydrogen-bond acceptors (Lipinski definition) is 3. The van der Waals surface area contributed by atoms with Gasteiger partial charge in [-0.05, 0) is 107 Å². The Bertz CT molecular complexity index is 1540. The molecule has 0 saturated heterocycles. The van der Waals surface area contributed by atoms with Crippen LogP contribution >= 0.6 is 23.2 Å². The van der Waals surface area contributed by atoms with E-state index in [2.05, 4.69) is 47.4 Å². The summed E-state index contributed by atoms with van der Waals surface area (Å²) in [6.45, 7) is 0. The van der Waals surface area contributed by atoms with Gasteiger partial charge in [-0.2, -0.15) is 10.5 Å². The van der Waals surface area contributed by atoms with Crippen LogP contribution < -0.4 is 4.90 Å². The zero-order valence-corrected chi connectivity index (χ0v) is 19.6. The minimum atomic E-state index is 0.631. The first-order valence-corrected chi connectivity index (χ1v) is 11.7. The molecule has 5 heteroatoms. The van der Waals surface area contributed by atoms with Gasteiger partial charge < -0.3 is 4.90 Å². The number of nitrogens with zero attached hydrogens (tertiary/aromatic N) is 3. The molecule has 4 aromatic rings. The van der Waals surface area contributed by atoms with Crippen molar-refractivity contribution in [1.82, 2.24) is 0 Å². The molecule has 3 nitrogen and oxygen atoms in total. The number of nitriles is 2. The number of hydrogen-bond donors (Lipinski definition) is 0. The van der Waals surface area contributed by atoms with Crippen LogP contribution in [-0.4, -0.2) is 0 Å². The molecule has 0 aromatic heterocycles. The summed E-state index contributed by atoms with van der Waals surface area (Å²) in [5.41, 5.74) is 11.1. The van der Waals surface area contributed by atoms with Gasteiger partial charge in [-0.25, -0.2) is 0 Å². The summed E-state index contributed by atoms with van der Waals surface area (Å²) >= 11 is 12.7. The highest BCUT2D eigenvalue weighted by Crippen LogP contribution is 2.46. The van der Waals surface area contributed by atoms with Crippen LogP contribution in [-0.2, 0) is 19.3 Å². The monoisotopic (exact) mass is 477 g/mol. The number of rotatable bonds is 1. The maximum atomic E-state index is 9.66. The van der Waals surface area contributed by atoms with Gasteiger partial charge in [0, 0.05) is 33.5 Å². The SMILES string of the molecule is N#Cc1ccc(C#N)c2c1Cc1ccc(N3c4ccc(Cl)cc4Cc4cc(Cl)ccc43)cc1C2. The normalized spacial score (nSPS) is 13.1. The van der Waals surface area contributed by atoms with Crippen LogP contribution in [0.5, 0.6) is 0 Å². The summed E-state index contributed by atoms with van der Waals surface area (Å²) in [6.07, 6.45) is 2.05. The van der Waals surface area contributed by atoms with Gasteiger partial charge in [0.2, 0.25) is 0 Å². The van der Waals surface area contributed by atoms with E-state index in [9.17, 15) is 10.5 Å². The Kier molecular flexibility index (Phi) is 4.85. The van der Waals surface area contributed by atoms with Crippen molar-refractivity contribution in [2.45, 2.75) is 19.3 Å². The maximum Gasteiger partial charge on any atom is 0.0994 e. The first-order valence-electron chi connectivity index (χ1n) is 11.0. The van der Waals surface area contributed by atoms with Crippen molar-refractivity contribution < 1.29 is 0 Å². The predicted molar refractivity (Wildman–Crippen MR) is 135 cm³/mol. The molecule has 1 aliphatic carbocycles. The molecule has 1 heterocycles. The van der Waals surface area contributed by atoms with Crippen molar-refractivity contribution in [3.63, 3.8) is 0 Å². The fourth-order valence-electron chi connectivity index (χ4n) is 5.22. The van der Waals surface area contributed by atoms with E-state index in [1.165, 1.54) is 11.1 Å². The second-order valence-corrected chi connectivity index (χ2v) is 9.58. The molecule has 0 fully saturated rings. The molecule has 0 atom stereocenters. The Balaban J connectivity index is 1.50. The fraction of sp³-hybridized carbons (Fsp3) is 0.103. The Morgan fingerprint density at radius 2 is 1.15 bits per heavy atom. The molecule has 0 bridgehead atoms. The average molecular weight is 478 g/mol. The Hall–Kier alpha value is -3.76. The van der Waals surface area contributed by atoms with Crippen LogP contribution in [0.3, 0.4) is 0 Å². The molecule has 6 rings (SSSR count). The fourth-order valence-corrected chi connectivity index (χ4v) is 5.61. The summed E-state index contributed by atoms with van der Waals surface area (Å²) in [5, 5.41) is 20.7. The van der Waals surface area contributed by atoms with E-state index in [1.807, 2.05) is 24.3 Å². The molecule has 0 N–H and O–H groups in total. The smallest absolute Gasteiger partial charge is 0.0994 e. The molecule has 0 unspecified atom stereocenters. The lowest BCUT2D eigenvalue weighted by molar-refractivity contribution is 0.985. The van der Waals surface area contributed by atoms with Gasteiger partial charge in [-0.3, -0.25) is 0 Å². The molecule has 162 valence electrons. The number of anilines is 3. The van der Waals surface area contributed by atoms with E-state index >= 15 is 0 Å². The third-order valence-electron chi connectivity index (χ3n) is 6.80. The van der Waals surface area contributed by atoms with Crippen LogP contribution in [0, 0.1) is 22.7 Å². The van der Waals surface area contributed by atoms with Crippen LogP contribution in [0.25, 0.3) is 0 Å². The number of fused-ring (bicyclic) bond motifs is 4. The van der Waals surface area contributed by atoms with E-state index < -0.39 is 0 Å². The first-order chi connectivity index (χ1) is 16.6. The summed E-state index contributed by atoms with van der Waals surface area (Å²) in [4.78, 5) is 2.26. The molecule has 0 amide bonds. The zero-order valence-electron chi connectivity index (χ0n) is 18.1. The molecular formula is C29H17Cl2N3. The summed E-state index contributed by atoms with van der Waals surface area (Å²) < 4.78 is 0. The van der Waals surface area contributed by atoms with Gasteiger partial charge in [0.25, 0.3) is 0 Å². The molecule has 0 saturated carbocycles. The largest absolute Gasteiger partial charge is 0.310 e. The molecule has 4 aromatic carbocycles. The topological polar surface area (TPSA) is 50.8 Å². The van der Waals surface area contributed by atoms with Crippen molar-refractivity contribution in [1.29, 1.82) is 10.5 Å². The van der Waals surface area contributed by atoms with Crippen LogP contribution in [0.2, 0.25) is 10.0 Å². The minimum absolute atomic E-state index is 0.631. The van der Waals surface area contributed by atoms with Gasteiger partial charge in [-0.15, -0.1) is 0 Å². The van der Waals surface area contributed by atoms with Crippen LogP contribution in [0.4, 0.5) is 17.1 Å². The van der Waals surface area contributed by atoms with Gasteiger partial charge in [0.05, 0.1) is 23.3 Å². The van der Waals surface area contributed by atoms with Crippen molar-refractivity contribution in [3.05, 3.63) is 121 Å². The van der Waals surface area contributed by atoms with E-state index in [0.29, 0.717) is 34.0 Å². The highest BCUT2D eigenvalue weighted by molar-refractivity contribution is 6.31. The van der Waals surface area contributed by atoms with E-state index in [0.717, 1.165) is 45.7 Å². The van der Waals surface area contributed by atoms with Crippen molar-refractivity contribution >= 4 is 40.3 Å². The third-order valence-corrected chi connectivity index (χ3v) is 7.27. The predicted octanol–water partition coefficient (Wildman–Crippen LogP) is 7.61. The molecule has 0 spiro atoms. The van der Waals surface area contributed by atoms with Crippen LogP contribution in [0.15, 0.2) is 66.7 Å². The molecule has 0 radical (unpaired) electrons. The van der Waals surface area contributed by atoms with Gasteiger partial charge in [-0.1, -0.05) is 29.3 Å². The van der Waals surface area contributed by atoms with Gasteiger partial charge in [0.1, 0.15) is 0 Å². The number of halogens is 2. The number of benzene rings is 4. The lowest BCUT2D eigenvalue weighted by Gasteiger charge is -2.34. The van der Waals surface area contributed by atoms with Crippen molar-refractivity contribution in [2.24, 2.45) is 0 Å². The second-order valence-electron chi connectivity index (χ2n) is 8.71. The standard InChI is InChI=1S/C29H17Cl2N3/c30-23-4-7-28-21(10-23)9-22-11-24(31)5-8-29(22)34(28)25-6-3-17-13-26-18(15-32)1-2-19(16-33)27(26)14-20(17)12-25/h1-8,10-12H,9,13-14H2. The molecule has 1 aliphatic heterocycles. The van der Waals surface area contributed by atoms with Crippen LogP contribution in [0.1, 0.15) is 44.5 Å². The van der Waals surface area contributed by atoms with Gasteiger partial charge in [0.15, 0.2) is 0 Å². The lowest BCUT2D eigenvalue weighted by atomic mass is 9.81. The van der Waals surface area contributed by atoms with Gasteiger partial charge >= 0.3 is 0 Å². The zero-order chi connectivity index (χ0) is 23.4. The van der Waals surface area contributed by atoms with E-state index in [4.69, 9.17) is 23.2 Å². The highest BCUT2D eigenvalue weighted by atomic mass is 35.5. The lowest BCUT2D eigenvalue weighted by Crippen LogP contribution is -2.19. The van der Waals surface area contributed by atoms with E-state index in [1.54, 1.807) is 12.1 Å². The van der Waals surface area contributed by atoms with E-state index in [-0.39, 0.29) is 0 Å². The molecule has 2 aliphatic rings. The average Bonchev–Trinajstić information content (AvgIpc) is 2.85. The summed E-state index contributed by atoms with van der Waals surface area (Å²) in [5.74, 6) is 0. The Labute approximate surface area is 208 Å². The minimum Gasteiger partial charge on any atom is -0.310 e. The highest BCUT2D eigenvalue weighted by Gasteiger charge is 2.27. The second kappa shape index (κ2) is 7.93. The maximum absolute atomic E-state index is 9.66. The Morgan fingerprint density at radius 1 is 0.588 bits per heavy atom. The van der Waals surface area contributed by atoms with Crippen molar-refractivity contribution in [2.75, 3.05) is 4.90 Å². The summed E-state index contributed by atoms with van der Waals surface area (Å²) in [6, 6.07) is 26.6.